The third kappa shape index (κ3) is 6.10. The highest BCUT2D eigenvalue weighted by atomic mass is 32.1. The van der Waals surface area contributed by atoms with Crippen LogP contribution in [0.3, 0.4) is 0 Å². The summed E-state index contributed by atoms with van der Waals surface area (Å²) in [5.41, 5.74) is 1.83. The van der Waals surface area contributed by atoms with Crippen LogP contribution < -0.4 is 24.4 Å². The molecule has 10 heteroatoms. The molecule has 9 nitrogen and oxygen atoms in total. The molecule has 1 aliphatic rings. The summed E-state index contributed by atoms with van der Waals surface area (Å²) in [6, 6.07) is 18.0. The monoisotopic (exact) mass is 600 g/mol. The average molecular weight is 601 g/mol. The molecule has 1 aliphatic heterocycles. The highest BCUT2D eigenvalue weighted by molar-refractivity contribution is 7.07. The molecule has 43 heavy (non-hydrogen) atoms. The number of thiazole rings is 1. The minimum atomic E-state index is -0.750. The zero-order valence-electron chi connectivity index (χ0n) is 24.4. The third-order valence-corrected chi connectivity index (χ3v) is 7.86. The Bertz CT molecular complexity index is 1890. The van der Waals surface area contributed by atoms with E-state index in [4.69, 9.17) is 18.9 Å². The lowest BCUT2D eigenvalue weighted by Gasteiger charge is -2.24. The predicted octanol–water partition coefficient (Wildman–Crippen LogP) is 4.29. The number of carbonyl (C=O) groups is 2. The highest BCUT2D eigenvalue weighted by Gasteiger charge is 2.33. The molecule has 0 spiro atoms. The van der Waals surface area contributed by atoms with Gasteiger partial charge in [-0.2, -0.15) is 0 Å². The highest BCUT2D eigenvalue weighted by Crippen LogP contribution is 2.32. The summed E-state index contributed by atoms with van der Waals surface area (Å²) < 4.78 is 23.8. The Morgan fingerprint density at radius 2 is 1.67 bits per heavy atom. The Kier molecular flexibility index (Phi) is 9.06. The van der Waals surface area contributed by atoms with Gasteiger partial charge in [-0.25, -0.2) is 14.6 Å². The molecular weight excluding hydrogens is 568 g/mol. The SMILES string of the molecule is CCOC(=O)COc1ccc2ccccc2c1/C=c1\sc2n(c1=O)[C@H](c1ccc(OCC)cc1)C(C(=O)OCC)=C(C)N=2. The zero-order valence-corrected chi connectivity index (χ0v) is 25.2. The van der Waals surface area contributed by atoms with Crippen LogP contribution in [0.5, 0.6) is 11.5 Å². The second kappa shape index (κ2) is 13.1. The molecule has 0 fully saturated rings. The molecule has 0 unspecified atom stereocenters. The van der Waals surface area contributed by atoms with Gasteiger partial charge in [0.15, 0.2) is 11.4 Å². The smallest absolute Gasteiger partial charge is 0.344 e. The number of hydrogen-bond donors (Lipinski definition) is 0. The summed E-state index contributed by atoms with van der Waals surface area (Å²) in [7, 11) is 0. The largest absolute Gasteiger partial charge is 0.494 e. The van der Waals surface area contributed by atoms with Gasteiger partial charge in [0.2, 0.25) is 0 Å². The lowest BCUT2D eigenvalue weighted by molar-refractivity contribution is -0.145. The number of hydrogen-bond acceptors (Lipinski definition) is 9. The Hall–Kier alpha value is -4.70. The van der Waals surface area contributed by atoms with Gasteiger partial charge in [0.05, 0.1) is 41.7 Å². The van der Waals surface area contributed by atoms with Crippen molar-refractivity contribution in [3.63, 3.8) is 0 Å². The van der Waals surface area contributed by atoms with E-state index in [1.165, 1.54) is 15.9 Å². The van der Waals surface area contributed by atoms with E-state index in [9.17, 15) is 14.4 Å². The van der Waals surface area contributed by atoms with E-state index in [0.717, 1.165) is 16.3 Å². The van der Waals surface area contributed by atoms with E-state index in [1.807, 2.05) is 61.5 Å². The molecule has 1 atom stereocenters. The van der Waals surface area contributed by atoms with Crippen LogP contribution in [0.2, 0.25) is 0 Å². The molecule has 0 amide bonds. The van der Waals surface area contributed by atoms with Crippen molar-refractivity contribution in [1.82, 2.24) is 4.57 Å². The number of allylic oxidation sites excluding steroid dienone is 1. The maximum Gasteiger partial charge on any atom is 0.344 e. The minimum Gasteiger partial charge on any atom is -0.494 e. The molecule has 222 valence electrons. The second-order valence-electron chi connectivity index (χ2n) is 9.60. The fourth-order valence-corrected chi connectivity index (χ4v) is 6.07. The zero-order chi connectivity index (χ0) is 30.5. The standard InChI is InChI=1S/C33H32N2O7S/c1-5-39-23-15-12-22(13-16-23)30-29(32(38)41-7-3)20(4)34-33-35(30)31(37)27(43-33)18-25-24-11-9-8-10-21(24)14-17-26(25)42-19-28(36)40-6-2/h8-18,30H,5-7,19H2,1-4H3/b27-18-/t30-/m1/s1. The van der Waals surface area contributed by atoms with E-state index >= 15 is 0 Å². The first kappa shape index (κ1) is 29.8. The molecule has 0 bridgehead atoms. The van der Waals surface area contributed by atoms with Crippen LogP contribution in [0, 0.1) is 0 Å². The first-order valence-corrected chi connectivity index (χ1v) is 14.9. The fraction of sp³-hybridized carbons (Fsp3) is 0.273. The van der Waals surface area contributed by atoms with Crippen LogP contribution in [0.15, 0.2) is 81.7 Å². The molecule has 0 N–H and O–H groups in total. The van der Waals surface area contributed by atoms with Gasteiger partial charge in [-0.05, 0) is 68.3 Å². The number of nitrogens with zero attached hydrogens (tertiary/aromatic N) is 2. The topological polar surface area (TPSA) is 105 Å². The van der Waals surface area contributed by atoms with E-state index in [0.29, 0.717) is 44.3 Å². The van der Waals surface area contributed by atoms with Gasteiger partial charge in [-0.1, -0.05) is 53.8 Å². The molecule has 0 saturated heterocycles. The van der Waals surface area contributed by atoms with Crippen molar-refractivity contribution in [2.45, 2.75) is 33.7 Å². The van der Waals surface area contributed by atoms with Crippen LogP contribution in [-0.4, -0.2) is 42.9 Å². The number of ether oxygens (including phenoxy) is 4. The Morgan fingerprint density at radius 3 is 2.40 bits per heavy atom. The van der Waals surface area contributed by atoms with Gasteiger partial charge >= 0.3 is 11.9 Å². The number of fused-ring (bicyclic) bond motifs is 2. The molecule has 0 saturated carbocycles. The molecule has 0 aliphatic carbocycles. The van der Waals surface area contributed by atoms with Crippen LogP contribution in [0.4, 0.5) is 0 Å². The summed E-state index contributed by atoms with van der Waals surface area (Å²) in [5.74, 6) is 0.103. The number of carbonyl (C=O) groups excluding carboxylic acids is 2. The first-order valence-electron chi connectivity index (χ1n) is 14.1. The summed E-state index contributed by atoms with van der Waals surface area (Å²) >= 11 is 1.22. The number of benzene rings is 3. The van der Waals surface area contributed by atoms with E-state index < -0.39 is 18.0 Å². The van der Waals surface area contributed by atoms with Gasteiger partial charge < -0.3 is 18.9 Å². The third-order valence-electron chi connectivity index (χ3n) is 6.88. The number of esters is 2. The predicted molar refractivity (Wildman–Crippen MR) is 164 cm³/mol. The fourth-order valence-electron chi connectivity index (χ4n) is 5.04. The van der Waals surface area contributed by atoms with E-state index in [-0.39, 0.29) is 25.4 Å². The number of rotatable bonds is 10. The molecule has 2 heterocycles. The summed E-state index contributed by atoms with van der Waals surface area (Å²) in [6.45, 7) is 7.80. The Labute approximate surface area is 252 Å². The van der Waals surface area contributed by atoms with Crippen molar-refractivity contribution in [3.05, 3.63) is 103 Å². The van der Waals surface area contributed by atoms with Crippen LogP contribution in [0.1, 0.15) is 44.9 Å². The maximum atomic E-state index is 14.2. The van der Waals surface area contributed by atoms with Gasteiger partial charge in [0, 0.05) is 5.56 Å². The molecular formula is C33H32N2O7S. The van der Waals surface area contributed by atoms with Crippen molar-refractivity contribution in [2.24, 2.45) is 4.99 Å². The Balaban J connectivity index is 1.69. The molecule has 0 radical (unpaired) electrons. The molecule has 3 aromatic carbocycles. The number of aromatic nitrogens is 1. The van der Waals surface area contributed by atoms with Gasteiger partial charge in [0.1, 0.15) is 11.5 Å². The van der Waals surface area contributed by atoms with Crippen LogP contribution in [-0.2, 0) is 19.1 Å². The summed E-state index contributed by atoms with van der Waals surface area (Å²) in [4.78, 5) is 44.6. The maximum absolute atomic E-state index is 14.2. The second-order valence-corrected chi connectivity index (χ2v) is 10.6. The van der Waals surface area contributed by atoms with E-state index in [1.54, 1.807) is 32.9 Å². The lowest BCUT2D eigenvalue weighted by atomic mass is 9.96. The molecule has 4 aromatic rings. The van der Waals surface area contributed by atoms with Crippen molar-refractivity contribution in [3.8, 4) is 11.5 Å². The average Bonchev–Trinajstić information content (AvgIpc) is 3.30. The van der Waals surface area contributed by atoms with Crippen LogP contribution in [0.25, 0.3) is 16.8 Å². The van der Waals surface area contributed by atoms with E-state index in [2.05, 4.69) is 4.99 Å². The lowest BCUT2D eigenvalue weighted by Crippen LogP contribution is -2.39. The first-order chi connectivity index (χ1) is 20.9. The van der Waals surface area contributed by atoms with Crippen LogP contribution >= 0.6 is 11.3 Å². The molecule has 1 aromatic heterocycles. The molecule has 5 rings (SSSR count). The van der Waals surface area contributed by atoms with Gasteiger partial charge in [0.25, 0.3) is 5.56 Å². The summed E-state index contributed by atoms with van der Waals surface area (Å²) in [5, 5.41) is 1.79. The minimum absolute atomic E-state index is 0.186. The quantitative estimate of drug-likeness (QED) is 0.250. The van der Waals surface area contributed by atoms with Crippen molar-refractivity contribution < 1.29 is 28.5 Å². The van der Waals surface area contributed by atoms with Crippen molar-refractivity contribution in [1.29, 1.82) is 0 Å². The summed E-state index contributed by atoms with van der Waals surface area (Å²) in [6.07, 6.45) is 1.76. The van der Waals surface area contributed by atoms with Gasteiger partial charge in [-0.3, -0.25) is 9.36 Å². The normalized spacial score (nSPS) is 14.7. The Morgan fingerprint density at radius 1 is 0.930 bits per heavy atom. The van der Waals surface area contributed by atoms with Crippen molar-refractivity contribution >= 4 is 40.1 Å². The van der Waals surface area contributed by atoms with Crippen molar-refractivity contribution in [2.75, 3.05) is 26.4 Å². The van der Waals surface area contributed by atoms with Gasteiger partial charge in [-0.15, -0.1) is 0 Å².